The first-order valence-electron chi connectivity index (χ1n) is 7.80. The van der Waals surface area contributed by atoms with E-state index in [1.54, 1.807) is 0 Å². The number of fused-ring (bicyclic) bond motifs is 3. The molecule has 0 spiro atoms. The van der Waals surface area contributed by atoms with Gasteiger partial charge in [0, 0.05) is 17.4 Å². The van der Waals surface area contributed by atoms with E-state index in [1.165, 1.54) is 11.1 Å². The Kier molecular flexibility index (Phi) is 3.49. The van der Waals surface area contributed by atoms with Crippen molar-refractivity contribution in [1.82, 2.24) is 0 Å². The fourth-order valence-electron chi connectivity index (χ4n) is 3.73. The number of hydrogen-bond donors (Lipinski definition) is 1. The quantitative estimate of drug-likeness (QED) is 0.799. The van der Waals surface area contributed by atoms with Gasteiger partial charge < -0.3 is 9.84 Å². The third kappa shape index (κ3) is 2.21. The second-order valence-electron chi connectivity index (χ2n) is 6.34. The minimum atomic E-state index is 0.230. The number of phenolic OH excluding ortho intramolecular Hbond substituents is 1. The topological polar surface area (TPSA) is 29.5 Å². The Morgan fingerprint density at radius 1 is 1.35 bits per heavy atom. The average Bonchev–Trinajstić information content (AvgIpc) is 2.38. The van der Waals surface area contributed by atoms with E-state index >= 15 is 0 Å². The van der Waals surface area contributed by atoms with Gasteiger partial charge in [0.2, 0.25) is 0 Å². The van der Waals surface area contributed by atoms with Crippen LogP contribution in [-0.4, -0.2) is 11.2 Å². The van der Waals surface area contributed by atoms with Crippen molar-refractivity contribution in [3.05, 3.63) is 34.9 Å². The van der Waals surface area contributed by atoms with Gasteiger partial charge in [-0.05, 0) is 50.8 Å². The van der Waals surface area contributed by atoms with Gasteiger partial charge in [0.05, 0.1) is 6.10 Å². The van der Waals surface area contributed by atoms with Crippen molar-refractivity contribution in [3.8, 4) is 11.5 Å². The second kappa shape index (κ2) is 5.16. The van der Waals surface area contributed by atoms with Crippen LogP contribution in [0.1, 0.15) is 57.1 Å². The number of ether oxygens (including phenoxy) is 1. The zero-order chi connectivity index (χ0) is 14.3. The summed E-state index contributed by atoms with van der Waals surface area (Å²) in [6, 6.07) is 4.06. The standard InChI is InChI=1S/C18H24O2/c1-4-5-13-9-16(19)18-15-8-11(2)6-7-14(15)12(3)20-17(18)10-13/h8-10,12,14-15,19H,4-7H2,1-3H3/t12?,14-,15+/m0/s1. The maximum atomic E-state index is 10.5. The van der Waals surface area contributed by atoms with E-state index in [0.717, 1.165) is 37.0 Å². The molecule has 2 nitrogen and oxygen atoms in total. The zero-order valence-corrected chi connectivity index (χ0v) is 12.6. The van der Waals surface area contributed by atoms with Crippen LogP contribution in [0.25, 0.3) is 0 Å². The normalized spacial score (nSPS) is 28.1. The minimum absolute atomic E-state index is 0.230. The molecule has 1 aliphatic heterocycles. The summed E-state index contributed by atoms with van der Waals surface area (Å²) in [6.07, 6.45) is 6.95. The molecule has 2 aliphatic rings. The van der Waals surface area contributed by atoms with Crippen LogP contribution >= 0.6 is 0 Å². The molecule has 2 heteroatoms. The molecule has 0 fully saturated rings. The summed E-state index contributed by atoms with van der Waals surface area (Å²) in [5.74, 6) is 2.12. The largest absolute Gasteiger partial charge is 0.507 e. The van der Waals surface area contributed by atoms with E-state index in [-0.39, 0.29) is 6.10 Å². The van der Waals surface area contributed by atoms with Crippen LogP contribution in [0.3, 0.4) is 0 Å². The lowest BCUT2D eigenvalue weighted by Crippen LogP contribution is -2.35. The van der Waals surface area contributed by atoms with Crippen molar-refractivity contribution in [1.29, 1.82) is 0 Å². The molecule has 0 saturated heterocycles. The number of rotatable bonds is 2. The van der Waals surface area contributed by atoms with Crippen LogP contribution < -0.4 is 4.74 Å². The van der Waals surface area contributed by atoms with Gasteiger partial charge in [-0.3, -0.25) is 0 Å². The summed E-state index contributed by atoms with van der Waals surface area (Å²) in [4.78, 5) is 0. The van der Waals surface area contributed by atoms with Crippen LogP contribution in [0, 0.1) is 5.92 Å². The molecule has 1 aromatic carbocycles. The highest BCUT2D eigenvalue weighted by Crippen LogP contribution is 2.50. The molecule has 0 amide bonds. The molecule has 3 atom stereocenters. The first-order valence-corrected chi connectivity index (χ1v) is 7.80. The Bertz CT molecular complexity index is 545. The average molecular weight is 272 g/mol. The van der Waals surface area contributed by atoms with Crippen LogP contribution in [0.5, 0.6) is 11.5 Å². The van der Waals surface area contributed by atoms with E-state index in [2.05, 4.69) is 32.9 Å². The fraction of sp³-hybridized carbons (Fsp3) is 0.556. The predicted molar refractivity (Wildman–Crippen MR) is 81.4 cm³/mol. The van der Waals surface area contributed by atoms with Crippen molar-refractivity contribution in [3.63, 3.8) is 0 Å². The number of benzene rings is 1. The van der Waals surface area contributed by atoms with Gasteiger partial charge in [0.25, 0.3) is 0 Å². The van der Waals surface area contributed by atoms with Crippen LogP contribution in [0.2, 0.25) is 0 Å². The van der Waals surface area contributed by atoms with Crippen LogP contribution in [0.4, 0.5) is 0 Å². The first-order chi connectivity index (χ1) is 9.60. The number of hydrogen-bond acceptors (Lipinski definition) is 2. The molecule has 0 bridgehead atoms. The van der Waals surface area contributed by atoms with Gasteiger partial charge in [-0.1, -0.05) is 25.0 Å². The maximum absolute atomic E-state index is 10.5. The van der Waals surface area contributed by atoms with Crippen molar-refractivity contribution in [2.75, 3.05) is 0 Å². The van der Waals surface area contributed by atoms with E-state index in [4.69, 9.17) is 4.74 Å². The van der Waals surface area contributed by atoms with E-state index in [0.29, 0.717) is 17.6 Å². The third-order valence-electron chi connectivity index (χ3n) is 4.77. The van der Waals surface area contributed by atoms with Crippen molar-refractivity contribution >= 4 is 0 Å². The molecular weight excluding hydrogens is 248 g/mol. The highest BCUT2D eigenvalue weighted by molar-refractivity contribution is 5.53. The number of allylic oxidation sites excluding steroid dienone is 2. The molecule has 1 unspecified atom stereocenters. The number of aryl methyl sites for hydroxylation is 1. The molecule has 0 aromatic heterocycles. The zero-order valence-electron chi connectivity index (χ0n) is 12.6. The smallest absolute Gasteiger partial charge is 0.127 e. The Morgan fingerprint density at radius 3 is 2.90 bits per heavy atom. The molecule has 1 aromatic rings. The van der Waals surface area contributed by atoms with Crippen LogP contribution in [0.15, 0.2) is 23.8 Å². The molecule has 3 rings (SSSR count). The van der Waals surface area contributed by atoms with E-state index in [1.807, 2.05) is 6.07 Å². The van der Waals surface area contributed by atoms with Gasteiger partial charge in [0.1, 0.15) is 11.5 Å². The van der Waals surface area contributed by atoms with Crippen molar-refractivity contribution in [2.45, 2.75) is 58.5 Å². The summed E-state index contributed by atoms with van der Waals surface area (Å²) in [5, 5.41) is 10.5. The lowest BCUT2D eigenvalue weighted by atomic mass is 9.72. The molecular formula is C18H24O2. The van der Waals surface area contributed by atoms with Crippen molar-refractivity contribution < 1.29 is 9.84 Å². The Balaban J connectivity index is 2.08. The molecule has 108 valence electrons. The number of aromatic hydroxyl groups is 1. The van der Waals surface area contributed by atoms with Crippen LogP contribution in [-0.2, 0) is 6.42 Å². The summed E-state index contributed by atoms with van der Waals surface area (Å²) in [6.45, 7) is 6.51. The fourth-order valence-corrected chi connectivity index (χ4v) is 3.73. The SMILES string of the molecule is CCCc1cc(O)c2c(c1)OC(C)[C@@H]1CCC(C)=C[C@@H]21. The molecule has 0 radical (unpaired) electrons. The van der Waals surface area contributed by atoms with Gasteiger partial charge in [-0.25, -0.2) is 0 Å². The van der Waals surface area contributed by atoms with E-state index in [9.17, 15) is 5.11 Å². The first kappa shape index (κ1) is 13.5. The van der Waals surface area contributed by atoms with Gasteiger partial charge in [0.15, 0.2) is 0 Å². The second-order valence-corrected chi connectivity index (χ2v) is 6.34. The molecule has 0 saturated carbocycles. The van der Waals surface area contributed by atoms with Gasteiger partial charge in [-0.15, -0.1) is 0 Å². The van der Waals surface area contributed by atoms with Gasteiger partial charge in [-0.2, -0.15) is 0 Å². The highest BCUT2D eigenvalue weighted by atomic mass is 16.5. The molecule has 1 heterocycles. The molecule has 20 heavy (non-hydrogen) atoms. The summed E-state index contributed by atoms with van der Waals surface area (Å²) in [7, 11) is 0. The van der Waals surface area contributed by atoms with E-state index < -0.39 is 0 Å². The highest BCUT2D eigenvalue weighted by Gasteiger charge is 2.38. The Labute approximate surface area is 121 Å². The summed E-state index contributed by atoms with van der Waals surface area (Å²) < 4.78 is 6.12. The Hall–Kier alpha value is -1.44. The summed E-state index contributed by atoms with van der Waals surface area (Å²) >= 11 is 0. The lowest BCUT2D eigenvalue weighted by Gasteiger charge is -2.40. The lowest BCUT2D eigenvalue weighted by molar-refractivity contribution is 0.107. The van der Waals surface area contributed by atoms with Gasteiger partial charge >= 0.3 is 0 Å². The summed E-state index contributed by atoms with van der Waals surface area (Å²) in [5.41, 5.74) is 3.61. The molecule has 1 aliphatic carbocycles. The predicted octanol–water partition coefficient (Wildman–Crippen LogP) is 4.57. The molecule has 1 N–H and O–H groups in total. The Morgan fingerprint density at radius 2 is 2.15 bits per heavy atom. The maximum Gasteiger partial charge on any atom is 0.127 e. The monoisotopic (exact) mass is 272 g/mol. The number of phenols is 1. The minimum Gasteiger partial charge on any atom is -0.507 e. The van der Waals surface area contributed by atoms with Crippen molar-refractivity contribution in [2.24, 2.45) is 5.92 Å². The third-order valence-corrected chi connectivity index (χ3v) is 4.77.